The van der Waals surface area contributed by atoms with E-state index >= 15 is 0 Å². The summed E-state index contributed by atoms with van der Waals surface area (Å²) in [6, 6.07) is 6.44. The van der Waals surface area contributed by atoms with Crippen molar-refractivity contribution in [1.29, 1.82) is 0 Å². The number of hydrogen-bond donors (Lipinski definition) is 4. The van der Waals surface area contributed by atoms with E-state index in [4.69, 9.17) is 25.8 Å². The van der Waals surface area contributed by atoms with E-state index < -0.39 is 41.8 Å². The Balaban J connectivity index is 1.32. The zero-order valence-electron chi connectivity index (χ0n) is 24.7. The zero-order valence-corrected chi connectivity index (χ0v) is 25.4. The lowest BCUT2D eigenvalue weighted by Gasteiger charge is -2.36. The molecule has 1 unspecified atom stereocenters. The van der Waals surface area contributed by atoms with Crippen LogP contribution in [0.3, 0.4) is 0 Å². The number of nitrogens with one attached hydrogen (secondary N) is 4. The molecule has 0 aromatic heterocycles. The maximum atomic E-state index is 14.2. The minimum absolute atomic E-state index is 0.0214. The number of anilines is 1. The van der Waals surface area contributed by atoms with Crippen molar-refractivity contribution in [3.63, 3.8) is 0 Å². The van der Waals surface area contributed by atoms with Gasteiger partial charge in [0.15, 0.2) is 11.6 Å². The highest BCUT2D eigenvalue weighted by Gasteiger charge is 2.43. The third-order valence-electron chi connectivity index (χ3n) is 7.38. The SMILES string of the molecule is COCC1=C(C(=O)OC)C(c2ccc(F)c(F)c2)N(C(=O)NCCNC2CCC(OC(=O)Nc3ccc(Cl)cc3)CC2)C(=O)N1. The Morgan fingerprint density at radius 2 is 1.71 bits per heavy atom. The number of urea groups is 2. The molecule has 1 heterocycles. The van der Waals surface area contributed by atoms with Gasteiger partial charge in [-0.1, -0.05) is 17.7 Å². The lowest BCUT2D eigenvalue weighted by molar-refractivity contribution is -0.137. The summed E-state index contributed by atoms with van der Waals surface area (Å²) in [4.78, 5) is 52.2. The van der Waals surface area contributed by atoms with Crippen molar-refractivity contribution in [2.24, 2.45) is 0 Å². The molecule has 4 rings (SSSR count). The molecule has 12 nitrogen and oxygen atoms in total. The van der Waals surface area contributed by atoms with Crippen LogP contribution in [0, 0.1) is 11.6 Å². The predicted molar refractivity (Wildman–Crippen MR) is 159 cm³/mol. The average Bonchev–Trinajstić information content (AvgIpc) is 3.02. The lowest BCUT2D eigenvalue weighted by Crippen LogP contribution is -2.55. The van der Waals surface area contributed by atoms with Crippen molar-refractivity contribution in [3.8, 4) is 0 Å². The number of amides is 5. The molecule has 2 aliphatic rings. The van der Waals surface area contributed by atoms with Crippen LogP contribution >= 0.6 is 11.6 Å². The molecule has 0 spiro atoms. The molecular formula is C30H34ClF2N5O7. The number of imide groups is 1. The first-order chi connectivity index (χ1) is 21.6. The number of benzene rings is 2. The Morgan fingerprint density at radius 1 is 1.00 bits per heavy atom. The van der Waals surface area contributed by atoms with Gasteiger partial charge in [-0.25, -0.2) is 32.9 Å². The summed E-state index contributed by atoms with van der Waals surface area (Å²) in [7, 11) is 2.45. The van der Waals surface area contributed by atoms with Crippen molar-refractivity contribution < 1.29 is 42.2 Å². The monoisotopic (exact) mass is 649 g/mol. The third-order valence-corrected chi connectivity index (χ3v) is 7.63. The van der Waals surface area contributed by atoms with E-state index in [0.717, 1.165) is 37.0 Å². The number of carbonyl (C=O) groups is 4. The minimum atomic E-state index is -1.42. The van der Waals surface area contributed by atoms with E-state index in [2.05, 4.69) is 21.3 Å². The van der Waals surface area contributed by atoms with Gasteiger partial charge in [0.2, 0.25) is 0 Å². The Bertz CT molecular complexity index is 1430. The van der Waals surface area contributed by atoms with E-state index in [1.54, 1.807) is 24.3 Å². The highest BCUT2D eigenvalue weighted by Crippen LogP contribution is 2.35. The molecule has 1 saturated carbocycles. The maximum Gasteiger partial charge on any atom is 0.411 e. The quantitative estimate of drug-likeness (QED) is 0.215. The number of methoxy groups -OCH3 is 2. The van der Waals surface area contributed by atoms with Crippen molar-refractivity contribution in [2.75, 3.05) is 39.2 Å². The third kappa shape index (κ3) is 8.68. The molecule has 4 N–H and O–H groups in total. The van der Waals surface area contributed by atoms with Crippen LogP contribution in [0.15, 0.2) is 53.7 Å². The predicted octanol–water partition coefficient (Wildman–Crippen LogP) is 4.62. The highest BCUT2D eigenvalue weighted by molar-refractivity contribution is 6.30. The van der Waals surface area contributed by atoms with Gasteiger partial charge in [-0.2, -0.15) is 0 Å². The van der Waals surface area contributed by atoms with E-state index in [-0.39, 0.29) is 42.1 Å². The second kappa shape index (κ2) is 15.6. The van der Waals surface area contributed by atoms with Crippen molar-refractivity contribution in [1.82, 2.24) is 20.9 Å². The molecule has 1 aliphatic carbocycles. The fourth-order valence-electron chi connectivity index (χ4n) is 5.23. The maximum absolute atomic E-state index is 14.2. The lowest BCUT2D eigenvalue weighted by atomic mass is 9.93. The smallest absolute Gasteiger partial charge is 0.411 e. The second-order valence-corrected chi connectivity index (χ2v) is 10.8. The fraction of sp³-hybridized carbons (Fsp3) is 0.400. The van der Waals surface area contributed by atoms with Crippen LogP contribution in [-0.2, 0) is 19.0 Å². The molecule has 0 bridgehead atoms. The van der Waals surface area contributed by atoms with E-state index in [9.17, 15) is 28.0 Å². The van der Waals surface area contributed by atoms with Gasteiger partial charge in [0.25, 0.3) is 0 Å². The van der Waals surface area contributed by atoms with Crippen molar-refractivity contribution >= 4 is 41.4 Å². The second-order valence-electron chi connectivity index (χ2n) is 10.4. The first-order valence-electron chi connectivity index (χ1n) is 14.2. The van der Waals surface area contributed by atoms with E-state index in [0.29, 0.717) is 30.1 Å². The molecule has 242 valence electrons. The first-order valence-corrected chi connectivity index (χ1v) is 14.6. The van der Waals surface area contributed by atoms with Crippen molar-refractivity contribution in [3.05, 3.63) is 76.0 Å². The van der Waals surface area contributed by atoms with Gasteiger partial charge < -0.3 is 30.2 Å². The molecule has 1 aliphatic heterocycles. The normalized spacial score (nSPS) is 19.9. The molecule has 15 heteroatoms. The van der Waals surface area contributed by atoms with Gasteiger partial charge in [0.1, 0.15) is 12.1 Å². The Kier molecular flexibility index (Phi) is 11.7. The van der Waals surface area contributed by atoms with Gasteiger partial charge in [0, 0.05) is 37.0 Å². The summed E-state index contributed by atoms with van der Waals surface area (Å²) >= 11 is 5.86. The van der Waals surface area contributed by atoms with E-state index in [1.807, 2.05) is 0 Å². The number of hydrogen-bond acceptors (Lipinski definition) is 8. The van der Waals surface area contributed by atoms with Crippen molar-refractivity contribution in [2.45, 2.75) is 43.9 Å². The van der Waals surface area contributed by atoms with Gasteiger partial charge >= 0.3 is 24.1 Å². The molecule has 5 amide bonds. The number of halogens is 3. The van der Waals surface area contributed by atoms with Gasteiger partial charge in [-0.15, -0.1) is 0 Å². The molecule has 1 atom stereocenters. The number of carbonyl (C=O) groups excluding carboxylic acids is 4. The number of rotatable bonds is 10. The molecule has 0 saturated heterocycles. The summed E-state index contributed by atoms with van der Waals surface area (Å²) in [5.74, 6) is -3.25. The summed E-state index contributed by atoms with van der Waals surface area (Å²) in [5.41, 5.74) is 0.413. The molecule has 1 fully saturated rings. The Labute approximate surface area is 263 Å². The Morgan fingerprint density at radius 3 is 2.36 bits per heavy atom. The van der Waals surface area contributed by atoms with Gasteiger partial charge in [-0.3, -0.25) is 5.32 Å². The molecule has 2 aromatic rings. The number of ether oxygens (including phenoxy) is 3. The molecule has 2 aromatic carbocycles. The van der Waals surface area contributed by atoms with Gasteiger partial charge in [-0.05, 0) is 67.6 Å². The summed E-state index contributed by atoms with van der Waals surface area (Å²) < 4.78 is 43.5. The Hall–Kier alpha value is -4.27. The highest BCUT2D eigenvalue weighted by atomic mass is 35.5. The van der Waals surface area contributed by atoms with E-state index in [1.165, 1.54) is 13.2 Å². The zero-order chi connectivity index (χ0) is 32.5. The average molecular weight is 650 g/mol. The summed E-state index contributed by atoms with van der Waals surface area (Å²) in [6.45, 7) is 0.240. The topological polar surface area (TPSA) is 147 Å². The largest absolute Gasteiger partial charge is 0.466 e. The van der Waals surface area contributed by atoms with Crippen LogP contribution < -0.4 is 21.3 Å². The fourth-order valence-corrected chi connectivity index (χ4v) is 5.35. The standard InChI is InChI=1S/C30H34ClF2N5O7/c1-43-16-24-25(27(39)44-2)26(17-3-12-22(32)23(33)15-17)38(29(41)37-24)28(40)35-14-13-34-19-8-10-21(11-9-19)45-30(42)36-20-6-4-18(31)5-7-20/h3-7,12,15,19,21,26,34H,8-11,13-14,16H2,1-2H3,(H,35,40)(H,36,42)(H,37,41). The van der Waals surface area contributed by atoms with Crippen LogP contribution in [0.25, 0.3) is 0 Å². The molecule has 45 heavy (non-hydrogen) atoms. The van der Waals surface area contributed by atoms with Crippen LogP contribution in [0.1, 0.15) is 37.3 Å². The summed E-state index contributed by atoms with van der Waals surface area (Å²) in [5, 5.41) is 11.7. The van der Waals surface area contributed by atoms with Crippen LogP contribution in [0.2, 0.25) is 5.02 Å². The van der Waals surface area contributed by atoms with Crippen LogP contribution in [-0.4, -0.2) is 75.1 Å². The number of esters is 1. The minimum Gasteiger partial charge on any atom is -0.466 e. The molecule has 0 radical (unpaired) electrons. The van der Waals surface area contributed by atoms with Crippen LogP contribution in [0.4, 0.5) is 28.9 Å². The summed E-state index contributed by atoms with van der Waals surface area (Å²) in [6.07, 6.45) is 1.98. The number of nitrogens with zero attached hydrogens (tertiary/aromatic N) is 1. The molecular weight excluding hydrogens is 616 g/mol. The van der Waals surface area contributed by atoms with Crippen LogP contribution in [0.5, 0.6) is 0 Å². The first kappa shape index (κ1) is 33.6. The van der Waals surface area contributed by atoms with Gasteiger partial charge in [0.05, 0.1) is 25.0 Å².